The average Bonchev–Trinajstić information content (AvgIpc) is 3.17. The quantitative estimate of drug-likeness (QED) is 0.581. The standard InChI is InChI=1S/C25H20N4O5/c1-25(9-8-20(30)27-24(25)34)29-13-17-7-6-15(10-18(17)23(29)33)21(31)28-22(32)19-11-14-4-2-3-5-16(14)12-26-19/h2-7,10-12H,8-9,13H2,1H3,(H,27,30,34)(H,28,31,32)/t25-/m0/s1. The molecule has 3 aromatic rings. The van der Waals surface area contributed by atoms with Crippen LogP contribution in [0.2, 0.25) is 0 Å². The zero-order valence-electron chi connectivity index (χ0n) is 18.3. The molecule has 5 rings (SSSR count). The third-order valence-corrected chi connectivity index (χ3v) is 6.44. The maximum absolute atomic E-state index is 13.1. The third kappa shape index (κ3) is 3.51. The minimum Gasteiger partial charge on any atom is -0.320 e. The maximum atomic E-state index is 13.1. The van der Waals surface area contributed by atoms with E-state index in [-0.39, 0.29) is 42.1 Å². The zero-order valence-corrected chi connectivity index (χ0v) is 18.3. The van der Waals surface area contributed by atoms with Crippen molar-refractivity contribution in [1.82, 2.24) is 20.5 Å². The van der Waals surface area contributed by atoms with Crippen molar-refractivity contribution in [1.29, 1.82) is 0 Å². The van der Waals surface area contributed by atoms with Gasteiger partial charge in [0, 0.05) is 35.7 Å². The molecule has 0 unspecified atom stereocenters. The molecule has 0 bridgehead atoms. The molecule has 2 N–H and O–H groups in total. The number of benzene rings is 2. The predicted octanol–water partition coefficient (Wildman–Crippen LogP) is 1.96. The highest BCUT2D eigenvalue weighted by atomic mass is 16.2. The Morgan fingerprint density at radius 1 is 1.03 bits per heavy atom. The number of nitrogens with zero attached hydrogens (tertiary/aromatic N) is 2. The molecule has 170 valence electrons. The molecule has 3 heterocycles. The summed E-state index contributed by atoms with van der Waals surface area (Å²) in [6, 6.07) is 13.6. The van der Waals surface area contributed by atoms with Gasteiger partial charge >= 0.3 is 0 Å². The Kier molecular flexibility index (Phi) is 4.97. The predicted molar refractivity (Wildman–Crippen MR) is 121 cm³/mol. The summed E-state index contributed by atoms with van der Waals surface area (Å²) in [5.41, 5.74) is 0.0204. The van der Waals surface area contributed by atoms with Crippen molar-refractivity contribution in [2.75, 3.05) is 0 Å². The van der Waals surface area contributed by atoms with Crippen LogP contribution in [0.3, 0.4) is 0 Å². The van der Waals surface area contributed by atoms with Crippen LogP contribution in [-0.2, 0) is 16.1 Å². The molecule has 1 atom stereocenters. The van der Waals surface area contributed by atoms with Crippen LogP contribution in [0.15, 0.2) is 54.7 Å². The van der Waals surface area contributed by atoms with E-state index in [9.17, 15) is 24.0 Å². The van der Waals surface area contributed by atoms with Crippen molar-refractivity contribution in [2.45, 2.75) is 31.8 Å². The molecule has 2 aromatic carbocycles. The SMILES string of the molecule is C[C@]1(N2Cc3ccc(C(=O)NC(=O)c4cc5ccccc5cn4)cc3C2=O)CCC(=O)NC1=O. The van der Waals surface area contributed by atoms with Gasteiger partial charge in [-0.1, -0.05) is 30.3 Å². The minimum atomic E-state index is -1.16. The number of aromatic nitrogens is 1. The van der Waals surface area contributed by atoms with Crippen molar-refractivity contribution >= 4 is 40.3 Å². The molecular weight excluding hydrogens is 436 g/mol. The summed E-state index contributed by atoms with van der Waals surface area (Å²) in [7, 11) is 0. The molecule has 1 saturated heterocycles. The van der Waals surface area contributed by atoms with Gasteiger partial charge in [0.05, 0.1) is 0 Å². The Labute approximate surface area is 194 Å². The van der Waals surface area contributed by atoms with E-state index in [1.807, 2.05) is 24.3 Å². The lowest BCUT2D eigenvalue weighted by Gasteiger charge is -2.39. The lowest BCUT2D eigenvalue weighted by atomic mass is 9.89. The Hall–Kier alpha value is -4.40. The lowest BCUT2D eigenvalue weighted by molar-refractivity contribution is -0.142. The molecule has 0 saturated carbocycles. The van der Waals surface area contributed by atoms with Crippen LogP contribution >= 0.6 is 0 Å². The van der Waals surface area contributed by atoms with Crippen LogP contribution in [0.5, 0.6) is 0 Å². The number of nitrogens with one attached hydrogen (secondary N) is 2. The molecule has 0 spiro atoms. The highest BCUT2D eigenvalue weighted by molar-refractivity contribution is 6.12. The molecule has 1 aromatic heterocycles. The Balaban J connectivity index is 1.34. The van der Waals surface area contributed by atoms with Crippen molar-refractivity contribution in [3.05, 3.63) is 77.1 Å². The van der Waals surface area contributed by atoms with Crippen molar-refractivity contribution in [3.63, 3.8) is 0 Å². The fourth-order valence-electron chi connectivity index (χ4n) is 4.34. The summed E-state index contributed by atoms with van der Waals surface area (Å²) in [5, 5.41) is 6.29. The fraction of sp³-hybridized carbons (Fsp3) is 0.200. The summed E-state index contributed by atoms with van der Waals surface area (Å²) >= 11 is 0. The summed E-state index contributed by atoms with van der Waals surface area (Å²) in [6.45, 7) is 1.81. The maximum Gasteiger partial charge on any atom is 0.276 e. The van der Waals surface area contributed by atoms with E-state index in [1.165, 1.54) is 17.0 Å². The molecule has 9 nitrogen and oxygen atoms in total. The van der Waals surface area contributed by atoms with Gasteiger partial charge in [-0.2, -0.15) is 0 Å². The van der Waals surface area contributed by atoms with E-state index >= 15 is 0 Å². The van der Waals surface area contributed by atoms with E-state index in [0.29, 0.717) is 5.56 Å². The number of pyridine rings is 1. The summed E-state index contributed by atoms with van der Waals surface area (Å²) in [4.78, 5) is 68.0. The molecular formula is C25H20N4O5. The number of fused-ring (bicyclic) bond motifs is 2. The van der Waals surface area contributed by atoms with E-state index in [1.54, 1.807) is 25.3 Å². The Bertz CT molecular complexity index is 1420. The first-order chi connectivity index (χ1) is 16.3. The van der Waals surface area contributed by atoms with Gasteiger partial charge in [0.1, 0.15) is 11.2 Å². The summed E-state index contributed by atoms with van der Waals surface area (Å²) in [5.74, 6) is -2.60. The van der Waals surface area contributed by atoms with Gasteiger partial charge in [0.15, 0.2) is 0 Å². The van der Waals surface area contributed by atoms with E-state index in [4.69, 9.17) is 0 Å². The van der Waals surface area contributed by atoms with Gasteiger partial charge in [0.25, 0.3) is 23.6 Å². The Morgan fingerprint density at radius 3 is 2.56 bits per heavy atom. The Morgan fingerprint density at radius 2 is 1.79 bits per heavy atom. The van der Waals surface area contributed by atoms with Crippen LogP contribution in [0.1, 0.15) is 56.5 Å². The second kappa shape index (κ2) is 7.87. The summed E-state index contributed by atoms with van der Waals surface area (Å²) < 4.78 is 0. The number of hydrogen-bond acceptors (Lipinski definition) is 6. The number of imide groups is 2. The van der Waals surface area contributed by atoms with Gasteiger partial charge in [-0.3, -0.25) is 39.6 Å². The first-order valence-electron chi connectivity index (χ1n) is 10.8. The smallest absolute Gasteiger partial charge is 0.276 e. The minimum absolute atomic E-state index is 0.0984. The van der Waals surface area contributed by atoms with Crippen LogP contribution in [-0.4, -0.2) is 45.0 Å². The average molecular weight is 456 g/mol. The normalized spacial score (nSPS) is 19.7. The highest BCUT2D eigenvalue weighted by Gasteiger charge is 2.48. The first-order valence-corrected chi connectivity index (χ1v) is 10.8. The van der Waals surface area contributed by atoms with Crippen LogP contribution < -0.4 is 10.6 Å². The van der Waals surface area contributed by atoms with Crippen LogP contribution in [0, 0.1) is 0 Å². The molecule has 5 amide bonds. The number of hydrogen-bond donors (Lipinski definition) is 2. The topological polar surface area (TPSA) is 126 Å². The number of carbonyl (C=O) groups is 5. The van der Waals surface area contributed by atoms with Gasteiger partial charge < -0.3 is 4.90 Å². The van der Waals surface area contributed by atoms with Gasteiger partial charge in [-0.25, -0.2) is 0 Å². The van der Waals surface area contributed by atoms with Crippen molar-refractivity contribution in [2.24, 2.45) is 0 Å². The van der Waals surface area contributed by atoms with Gasteiger partial charge in [-0.05, 0) is 42.5 Å². The van der Waals surface area contributed by atoms with Crippen LogP contribution in [0.4, 0.5) is 0 Å². The molecule has 9 heteroatoms. The highest BCUT2D eigenvalue weighted by Crippen LogP contribution is 2.34. The summed E-state index contributed by atoms with van der Waals surface area (Å²) in [6.07, 6.45) is 1.92. The molecule has 34 heavy (non-hydrogen) atoms. The largest absolute Gasteiger partial charge is 0.320 e. The number of rotatable bonds is 3. The zero-order chi connectivity index (χ0) is 24.0. The molecule has 2 aliphatic rings. The van der Waals surface area contributed by atoms with E-state index in [0.717, 1.165) is 10.8 Å². The second-order valence-electron chi connectivity index (χ2n) is 8.61. The van der Waals surface area contributed by atoms with Gasteiger partial charge in [-0.15, -0.1) is 0 Å². The van der Waals surface area contributed by atoms with Crippen molar-refractivity contribution in [3.8, 4) is 0 Å². The number of piperidine rings is 1. The number of carbonyl (C=O) groups excluding carboxylic acids is 5. The van der Waals surface area contributed by atoms with E-state index in [2.05, 4.69) is 15.6 Å². The molecule has 0 aliphatic carbocycles. The first kappa shape index (κ1) is 21.4. The van der Waals surface area contributed by atoms with Gasteiger partial charge in [0.2, 0.25) is 5.91 Å². The van der Waals surface area contributed by atoms with Crippen molar-refractivity contribution < 1.29 is 24.0 Å². The third-order valence-electron chi connectivity index (χ3n) is 6.44. The lowest BCUT2D eigenvalue weighted by Crippen LogP contribution is -2.61. The van der Waals surface area contributed by atoms with Crippen LogP contribution in [0.25, 0.3) is 10.8 Å². The monoisotopic (exact) mass is 456 g/mol. The number of amides is 5. The van der Waals surface area contributed by atoms with E-state index < -0.39 is 29.2 Å². The molecule has 1 fully saturated rings. The molecule has 0 radical (unpaired) electrons. The fourth-order valence-corrected chi connectivity index (χ4v) is 4.34. The molecule has 2 aliphatic heterocycles. The second-order valence-corrected chi connectivity index (χ2v) is 8.61.